The summed E-state index contributed by atoms with van der Waals surface area (Å²) in [7, 11) is 0. The van der Waals surface area contributed by atoms with Crippen LogP contribution in [-0.4, -0.2) is 22.5 Å². The molecule has 2 atom stereocenters. The van der Waals surface area contributed by atoms with E-state index in [1.54, 1.807) is 6.92 Å². The minimum Gasteiger partial charge on any atom is -0.269 e. The second kappa shape index (κ2) is 6.70. The molecule has 0 aliphatic heterocycles. The Morgan fingerprint density at radius 2 is 2.36 bits per heavy atom. The predicted molar refractivity (Wildman–Crippen MR) is 61.7 cm³/mol. The number of aliphatic imine (C=N–C) groups is 1. The van der Waals surface area contributed by atoms with Crippen LogP contribution in [-0.2, 0) is 0 Å². The number of hydrogen-bond acceptors (Lipinski definition) is 3. The van der Waals surface area contributed by atoms with Gasteiger partial charge in [0.1, 0.15) is 0 Å². The Kier molecular flexibility index (Phi) is 6.36. The van der Waals surface area contributed by atoms with Crippen molar-refractivity contribution in [2.24, 2.45) is 4.99 Å². The van der Waals surface area contributed by atoms with Gasteiger partial charge in [0, 0.05) is 10.6 Å². The minimum atomic E-state index is -0.640. The topological polar surface area (TPSA) is 55.5 Å². The molecule has 0 spiro atoms. The van der Waals surface area contributed by atoms with Crippen LogP contribution in [0.1, 0.15) is 26.7 Å². The average molecular weight is 263 g/mol. The van der Waals surface area contributed by atoms with Crippen LogP contribution in [0.2, 0.25) is 0 Å². The van der Waals surface area contributed by atoms with Crippen molar-refractivity contribution < 1.29 is 4.92 Å². The second-order valence-electron chi connectivity index (χ2n) is 3.00. The molecule has 0 saturated heterocycles. The molecule has 0 aromatic rings. The molecule has 5 heteroatoms. The average Bonchev–Trinajstić information content (AvgIpc) is 2.10. The van der Waals surface area contributed by atoms with E-state index in [2.05, 4.69) is 27.6 Å². The molecular formula is C9H15BrN2O2. The molecule has 14 heavy (non-hydrogen) atoms. The number of halogens is 1. The molecule has 80 valence electrons. The van der Waals surface area contributed by atoms with Crippen LogP contribution >= 0.6 is 15.9 Å². The molecule has 0 bridgehead atoms. The Labute approximate surface area is 92.4 Å². The summed E-state index contributed by atoms with van der Waals surface area (Å²) < 4.78 is 0. The Hall–Kier alpha value is -0.710. The summed E-state index contributed by atoms with van der Waals surface area (Å²) in [6, 6.07) is -0.640. The van der Waals surface area contributed by atoms with E-state index in [0.29, 0.717) is 12.1 Å². The maximum Gasteiger partial charge on any atom is 0.230 e. The monoisotopic (exact) mass is 262 g/mol. The minimum absolute atomic E-state index is 0.167. The highest BCUT2D eigenvalue weighted by Crippen LogP contribution is 2.17. The lowest BCUT2D eigenvalue weighted by molar-refractivity contribution is -0.520. The predicted octanol–water partition coefficient (Wildman–Crippen LogP) is 2.80. The van der Waals surface area contributed by atoms with Crippen molar-refractivity contribution in [3.8, 4) is 0 Å². The number of rotatable bonds is 6. The summed E-state index contributed by atoms with van der Waals surface area (Å²) in [4.78, 5) is 14.0. The van der Waals surface area contributed by atoms with E-state index in [9.17, 15) is 10.1 Å². The van der Waals surface area contributed by atoms with E-state index < -0.39 is 6.04 Å². The Bertz CT molecular complexity index is 239. The molecule has 0 aliphatic carbocycles. The van der Waals surface area contributed by atoms with Crippen LogP contribution in [0, 0.1) is 10.1 Å². The first-order chi connectivity index (χ1) is 6.52. The van der Waals surface area contributed by atoms with Gasteiger partial charge in [0.05, 0.1) is 11.2 Å². The smallest absolute Gasteiger partial charge is 0.230 e. The lowest BCUT2D eigenvalue weighted by atomic mass is 10.1. The van der Waals surface area contributed by atoms with Gasteiger partial charge in [0.2, 0.25) is 6.04 Å². The van der Waals surface area contributed by atoms with Crippen molar-refractivity contribution in [3.05, 3.63) is 21.9 Å². The van der Waals surface area contributed by atoms with Gasteiger partial charge in [-0.2, -0.15) is 0 Å². The van der Waals surface area contributed by atoms with Gasteiger partial charge >= 0.3 is 0 Å². The second-order valence-corrected chi connectivity index (χ2v) is 4.44. The van der Waals surface area contributed by atoms with Crippen LogP contribution in [0.15, 0.2) is 16.8 Å². The van der Waals surface area contributed by atoms with Gasteiger partial charge in [0.25, 0.3) is 0 Å². The summed E-state index contributed by atoms with van der Waals surface area (Å²) >= 11 is 3.22. The lowest BCUT2D eigenvalue weighted by Crippen LogP contribution is -2.27. The van der Waals surface area contributed by atoms with Crippen LogP contribution in [0.3, 0.4) is 0 Å². The number of nitrogens with zero attached hydrogens (tertiary/aromatic N) is 2. The first kappa shape index (κ1) is 13.3. The zero-order chi connectivity index (χ0) is 11.1. The molecule has 0 N–H and O–H groups in total. The summed E-state index contributed by atoms with van der Waals surface area (Å²) in [6.45, 7) is 7.12. The molecule has 0 amide bonds. The summed E-state index contributed by atoms with van der Waals surface area (Å²) in [5.41, 5.74) is 0.695. The quantitative estimate of drug-likeness (QED) is 0.320. The van der Waals surface area contributed by atoms with Gasteiger partial charge in [-0.15, -0.1) is 0 Å². The molecule has 0 radical (unpaired) electrons. The van der Waals surface area contributed by atoms with Crippen LogP contribution in [0.4, 0.5) is 0 Å². The molecular weight excluding hydrogens is 248 g/mol. The van der Waals surface area contributed by atoms with E-state index >= 15 is 0 Å². The summed E-state index contributed by atoms with van der Waals surface area (Å²) in [5, 5.41) is 10.7. The fourth-order valence-corrected chi connectivity index (χ4v) is 1.45. The molecule has 0 aromatic carbocycles. The molecule has 0 saturated carbocycles. The van der Waals surface area contributed by atoms with E-state index in [1.165, 1.54) is 0 Å². The van der Waals surface area contributed by atoms with Crippen molar-refractivity contribution in [3.63, 3.8) is 0 Å². The molecule has 0 aliphatic rings. The first-order valence-corrected chi connectivity index (χ1v) is 5.37. The first-order valence-electron chi connectivity index (χ1n) is 4.46. The molecule has 0 rings (SSSR count). The van der Waals surface area contributed by atoms with Crippen LogP contribution in [0.25, 0.3) is 0 Å². The maximum absolute atomic E-state index is 10.7. The number of nitro groups is 1. The highest BCUT2D eigenvalue weighted by molar-refractivity contribution is 9.09. The fraction of sp³-hybridized carbons (Fsp3) is 0.667. The van der Waals surface area contributed by atoms with E-state index in [-0.39, 0.29) is 9.75 Å². The van der Waals surface area contributed by atoms with Crippen molar-refractivity contribution in [2.45, 2.75) is 37.6 Å². The number of alkyl halides is 1. The highest BCUT2D eigenvalue weighted by atomic mass is 79.9. The lowest BCUT2D eigenvalue weighted by Gasteiger charge is -2.11. The van der Waals surface area contributed by atoms with Gasteiger partial charge in [-0.25, -0.2) is 0 Å². The zero-order valence-corrected chi connectivity index (χ0v) is 10.0. The third-order valence-electron chi connectivity index (χ3n) is 1.86. The molecule has 0 heterocycles. The zero-order valence-electron chi connectivity index (χ0n) is 8.44. The number of allylic oxidation sites excluding steroid dienone is 1. The van der Waals surface area contributed by atoms with Gasteiger partial charge in [-0.05, 0) is 20.1 Å². The van der Waals surface area contributed by atoms with E-state index in [0.717, 1.165) is 6.42 Å². The van der Waals surface area contributed by atoms with Gasteiger partial charge in [0.15, 0.2) is 0 Å². The third kappa shape index (κ3) is 4.50. The third-order valence-corrected chi connectivity index (χ3v) is 2.47. The van der Waals surface area contributed by atoms with E-state index in [1.807, 2.05) is 13.0 Å². The molecule has 0 aromatic heterocycles. The van der Waals surface area contributed by atoms with Gasteiger partial charge in [-0.1, -0.05) is 28.9 Å². The van der Waals surface area contributed by atoms with Crippen molar-refractivity contribution in [1.29, 1.82) is 0 Å². The highest BCUT2D eigenvalue weighted by Gasteiger charge is 2.26. The van der Waals surface area contributed by atoms with Crippen molar-refractivity contribution in [2.75, 3.05) is 0 Å². The Balaban J connectivity index is 4.49. The standard InChI is InChI=1S/C9H15BrN2O2/c1-4-5-8(11-3)6-9(7(2)10)12(13)14/h5,7,9H,3-4,6H2,1-2H3/b8-5+/t7?,9-/m0/s1. The normalized spacial score (nSPS) is 16.1. The Morgan fingerprint density at radius 3 is 2.64 bits per heavy atom. The van der Waals surface area contributed by atoms with Gasteiger partial charge in [-0.3, -0.25) is 15.1 Å². The Morgan fingerprint density at radius 1 is 1.79 bits per heavy atom. The fourth-order valence-electron chi connectivity index (χ4n) is 1.07. The van der Waals surface area contributed by atoms with Crippen molar-refractivity contribution in [1.82, 2.24) is 0 Å². The summed E-state index contributed by atoms with van der Waals surface area (Å²) in [6.07, 6.45) is 3.01. The SMILES string of the molecule is C=N/C(=C/CC)C[C@@H](C(C)Br)[N+](=O)[O-]. The molecule has 1 unspecified atom stereocenters. The van der Waals surface area contributed by atoms with E-state index in [4.69, 9.17) is 0 Å². The number of hydrogen-bond donors (Lipinski definition) is 0. The molecule has 0 fully saturated rings. The van der Waals surface area contributed by atoms with Crippen LogP contribution in [0.5, 0.6) is 0 Å². The van der Waals surface area contributed by atoms with Crippen molar-refractivity contribution >= 4 is 22.6 Å². The van der Waals surface area contributed by atoms with Crippen LogP contribution < -0.4 is 0 Å². The maximum atomic E-state index is 10.7. The molecule has 4 nitrogen and oxygen atoms in total. The largest absolute Gasteiger partial charge is 0.269 e. The summed E-state index contributed by atoms with van der Waals surface area (Å²) in [5.74, 6) is 0. The van der Waals surface area contributed by atoms with Gasteiger partial charge < -0.3 is 0 Å².